The SMILES string of the molecule is CCNC(=NCC(C)N1CCOCC1)NCC1CN2CCN1CC2.I. The van der Waals surface area contributed by atoms with Gasteiger partial charge in [-0.25, -0.2) is 0 Å². The number of hydrogen-bond donors (Lipinski definition) is 2. The third-order valence-electron chi connectivity index (χ3n) is 5.42. The fraction of sp³-hybridized carbons (Fsp3) is 0.941. The standard InChI is InChI=1S/C17H34N6O.HI/c1-3-18-17(19-12-15(2)22-8-10-24-11-9-22)20-13-16-14-21-4-6-23(16)7-5-21;/h15-16H,3-14H2,1-2H3,(H2,18,19,20);1H. The van der Waals surface area contributed by atoms with E-state index >= 15 is 0 Å². The predicted octanol–water partition coefficient (Wildman–Crippen LogP) is -0.120. The van der Waals surface area contributed by atoms with E-state index in [0.717, 1.165) is 51.9 Å². The minimum absolute atomic E-state index is 0. The number of halogens is 1. The van der Waals surface area contributed by atoms with Crippen LogP contribution in [0.3, 0.4) is 0 Å². The average molecular weight is 466 g/mol. The van der Waals surface area contributed by atoms with Crippen LogP contribution in [0.1, 0.15) is 13.8 Å². The predicted molar refractivity (Wildman–Crippen MR) is 113 cm³/mol. The molecule has 0 aromatic heterocycles. The molecule has 4 aliphatic heterocycles. The van der Waals surface area contributed by atoms with Crippen LogP contribution in [0.15, 0.2) is 4.99 Å². The topological polar surface area (TPSA) is 55.4 Å². The van der Waals surface area contributed by atoms with Gasteiger partial charge in [0.1, 0.15) is 0 Å². The third kappa shape index (κ3) is 6.20. The molecule has 0 aromatic carbocycles. The first kappa shape index (κ1) is 21.1. The highest BCUT2D eigenvalue weighted by Gasteiger charge is 2.31. The van der Waals surface area contributed by atoms with Gasteiger partial charge in [-0.05, 0) is 13.8 Å². The Balaban J connectivity index is 0.00000225. The molecule has 4 rings (SSSR count). The van der Waals surface area contributed by atoms with E-state index in [1.165, 1.54) is 32.7 Å². The van der Waals surface area contributed by atoms with Gasteiger partial charge >= 0.3 is 0 Å². The summed E-state index contributed by atoms with van der Waals surface area (Å²) in [6.45, 7) is 16.9. The van der Waals surface area contributed by atoms with Gasteiger partial charge < -0.3 is 15.4 Å². The van der Waals surface area contributed by atoms with Gasteiger partial charge in [0.15, 0.2) is 5.96 Å². The van der Waals surface area contributed by atoms with Crippen LogP contribution >= 0.6 is 24.0 Å². The molecule has 0 aromatic rings. The Labute approximate surface area is 169 Å². The molecule has 0 radical (unpaired) electrons. The van der Waals surface area contributed by atoms with Crippen molar-refractivity contribution in [3.8, 4) is 0 Å². The van der Waals surface area contributed by atoms with Crippen molar-refractivity contribution < 1.29 is 4.74 Å². The normalized spacial score (nSPS) is 31.3. The van der Waals surface area contributed by atoms with Crippen LogP contribution in [-0.2, 0) is 4.74 Å². The van der Waals surface area contributed by atoms with Crippen LogP contribution in [0.4, 0.5) is 0 Å². The van der Waals surface area contributed by atoms with Gasteiger partial charge in [-0.3, -0.25) is 19.7 Å². The fourth-order valence-electron chi connectivity index (χ4n) is 3.83. The Morgan fingerprint density at radius 2 is 1.84 bits per heavy atom. The Hall–Kier alpha value is -0.160. The van der Waals surface area contributed by atoms with Gasteiger partial charge in [0.05, 0.1) is 19.8 Å². The van der Waals surface area contributed by atoms with E-state index in [-0.39, 0.29) is 24.0 Å². The molecule has 2 bridgehead atoms. The second-order valence-electron chi connectivity index (χ2n) is 7.09. The van der Waals surface area contributed by atoms with Gasteiger partial charge in [0, 0.05) is 71.0 Å². The van der Waals surface area contributed by atoms with Crippen molar-refractivity contribution in [3.05, 3.63) is 0 Å². The molecule has 0 aliphatic carbocycles. The summed E-state index contributed by atoms with van der Waals surface area (Å²) in [5.74, 6) is 0.954. The first-order valence-electron chi connectivity index (χ1n) is 9.56. The monoisotopic (exact) mass is 466 g/mol. The van der Waals surface area contributed by atoms with Gasteiger partial charge in [-0.1, -0.05) is 0 Å². The number of nitrogens with one attached hydrogen (secondary N) is 2. The number of nitrogens with zero attached hydrogens (tertiary/aromatic N) is 4. The van der Waals surface area contributed by atoms with Crippen molar-refractivity contribution in [2.75, 3.05) is 78.7 Å². The lowest BCUT2D eigenvalue weighted by Gasteiger charge is -2.47. The molecular formula is C17H35IN6O. The van der Waals surface area contributed by atoms with Crippen molar-refractivity contribution in [1.29, 1.82) is 0 Å². The number of guanidine groups is 1. The first-order chi connectivity index (χ1) is 11.8. The molecular weight excluding hydrogens is 431 g/mol. The Bertz CT molecular complexity index is 410. The first-order valence-corrected chi connectivity index (χ1v) is 9.56. The molecule has 7 nitrogen and oxygen atoms in total. The minimum Gasteiger partial charge on any atom is -0.379 e. The summed E-state index contributed by atoms with van der Waals surface area (Å²) in [6, 6.07) is 1.08. The Morgan fingerprint density at radius 3 is 2.44 bits per heavy atom. The van der Waals surface area contributed by atoms with E-state index in [4.69, 9.17) is 9.73 Å². The fourth-order valence-corrected chi connectivity index (χ4v) is 3.83. The minimum atomic E-state index is 0. The highest BCUT2D eigenvalue weighted by atomic mass is 127. The molecule has 4 saturated heterocycles. The Morgan fingerprint density at radius 1 is 1.12 bits per heavy atom. The van der Waals surface area contributed by atoms with Crippen LogP contribution < -0.4 is 10.6 Å². The summed E-state index contributed by atoms with van der Waals surface area (Å²) in [7, 11) is 0. The maximum Gasteiger partial charge on any atom is 0.191 e. The second kappa shape index (κ2) is 10.9. The lowest BCUT2D eigenvalue weighted by Crippen LogP contribution is -2.63. The quantitative estimate of drug-likeness (QED) is 0.324. The van der Waals surface area contributed by atoms with E-state index in [1.807, 2.05) is 0 Å². The van der Waals surface area contributed by atoms with E-state index in [0.29, 0.717) is 12.1 Å². The molecule has 146 valence electrons. The number of ether oxygens (including phenoxy) is 1. The summed E-state index contributed by atoms with van der Waals surface area (Å²) in [5.41, 5.74) is 0. The van der Waals surface area contributed by atoms with Crippen LogP contribution in [0.2, 0.25) is 0 Å². The van der Waals surface area contributed by atoms with Gasteiger partial charge in [0.25, 0.3) is 0 Å². The highest BCUT2D eigenvalue weighted by molar-refractivity contribution is 14.0. The molecule has 4 heterocycles. The lowest BCUT2D eigenvalue weighted by molar-refractivity contribution is 0.0153. The molecule has 8 heteroatoms. The van der Waals surface area contributed by atoms with Crippen LogP contribution in [0.25, 0.3) is 0 Å². The summed E-state index contributed by atoms with van der Waals surface area (Å²) >= 11 is 0. The lowest BCUT2D eigenvalue weighted by atomic mass is 10.1. The van der Waals surface area contributed by atoms with Gasteiger partial charge in [0.2, 0.25) is 0 Å². The molecule has 0 spiro atoms. The summed E-state index contributed by atoms with van der Waals surface area (Å²) < 4.78 is 5.43. The number of aliphatic imine (C=N–C) groups is 1. The molecule has 0 amide bonds. The van der Waals surface area contributed by atoms with E-state index in [2.05, 4.69) is 39.2 Å². The molecule has 4 aliphatic rings. The Kier molecular flexibility index (Phi) is 9.18. The van der Waals surface area contributed by atoms with Crippen molar-refractivity contribution in [3.63, 3.8) is 0 Å². The second-order valence-corrected chi connectivity index (χ2v) is 7.09. The average Bonchev–Trinajstić information content (AvgIpc) is 2.65. The molecule has 2 unspecified atom stereocenters. The molecule has 0 saturated carbocycles. The number of piperazine rings is 3. The maximum atomic E-state index is 5.43. The van der Waals surface area contributed by atoms with Crippen LogP contribution in [0.5, 0.6) is 0 Å². The number of hydrogen-bond acceptors (Lipinski definition) is 5. The van der Waals surface area contributed by atoms with Gasteiger partial charge in [-0.15, -0.1) is 24.0 Å². The number of rotatable bonds is 6. The van der Waals surface area contributed by atoms with Crippen molar-refractivity contribution in [1.82, 2.24) is 25.3 Å². The largest absolute Gasteiger partial charge is 0.379 e. The zero-order valence-electron chi connectivity index (χ0n) is 15.7. The van der Waals surface area contributed by atoms with Crippen molar-refractivity contribution in [2.45, 2.75) is 25.9 Å². The van der Waals surface area contributed by atoms with Crippen LogP contribution in [-0.4, -0.2) is 111 Å². The van der Waals surface area contributed by atoms with Crippen molar-refractivity contribution >= 4 is 29.9 Å². The van der Waals surface area contributed by atoms with E-state index in [9.17, 15) is 0 Å². The summed E-state index contributed by atoms with van der Waals surface area (Å²) in [5, 5.41) is 6.95. The molecule has 2 N–H and O–H groups in total. The van der Waals surface area contributed by atoms with Gasteiger partial charge in [-0.2, -0.15) is 0 Å². The smallest absolute Gasteiger partial charge is 0.191 e. The van der Waals surface area contributed by atoms with E-state index < -0.39 is 0 Å². The zero-order chi connectivity index (χ0) is 16.8. The maximum absolute atomic E-state index is 5.43. The highest BCUT2D eigenvalue weighted by Crippen LogP contribution is 2.14. The summed E-state index contributed by atoms with van der Waals surface area (Å²) in [6.07, 6.45) is 0. The molecule has 2 atom stereocenters. The number of fused-ring (bicyclic) bond motifs is 3. The third-order valence-corrected chi connectivity index (χ3v) is 5.42. The van der Waals surface area contributed by atoms with E-state index in [1.54, 1.807) is 0 Å². The molecule has 4 fully saturated rings. The molecule has 25 heavy (non-hydrogen) atoms. The number of morpholine rings is 1. The van der Waals surface area contributed by atoms with Crippen LogP contribution in [0, 0.1) is 0 Å². The van der Waals surface area contributed by atoms with Crippen molar-refractivity contribution in [2.24, 2.45) is 4.99 Å². The zero-order valence-corrected chi connectivity index (χ0v) is 18.1. The summed E-state index contributed by atoms with van der Waals surface area (Å²) in [4.78, 5) is 12.5.